The van der Waals surface area contributed by atoms with Crippen LogP contribution in [0.2, 0.25) is 0 Å². The average molecular weight is 477 g/mol. The second kappa shape index (κ2) is 15.0. The van der Waals surface area contributed by atoms with E-state index in [2.05, 4.69) is 0 Å². The van der Waals surface area contributed by atoms with Crippen LogP contribution in [0, 0.1) is 6.92 Å². The Morgan fingerprint density at radius 1 is 0.688 bits per heavy atom. The second-order valence-electron chi connectivity index (χ2n) is 8.65. The molecule has 0 radical (unpaired) electrons. The van der Waals surface area contributed by atoms with Gasteiger partial charge in [-0.15, -0.1) is 0 Å². The zero-order valence-electron chi connectivity index (χ0n) is 19.1. The molecule has 1 aromatic rings. The lowest BCUT2D eigenvalue weighted by Crippen LogP contribution is -2.19. The van der Waals surface area contributed by atoms with Gasteiger partial charge in [0.05, 0.1) is 42.0 Å². The van der Waals surface area contributed by atoms with Gasteiger partial charge in [-0.25, -0.2) is 0 Å². The first-order valence-electron chi connectivity index (χ1n) is 11.4. The number of rotatable bonds is 17. The van der Waals surface area contributed by atoms with Crippen molar-refractivity contribution in [3.05, 3.63) is 29.8 Å². The first kappa shape index (κ1) is 29.0. The third-order valence-electron chi connectivity index (χ3n) is 5.42. The normalized spacial score (nSPS) is 17.0. The first-order chi connectivity index (χ1) is 15.0. The molecule has 0 heterocycles. The molecule has 0 saturated carbocycles. The molecule has 5 unspecified atom stereocenters. The van der Waals surface area contributed by atoms with Gasteiger partial charge in [0.15, 0.2) is 0 Å². The molecule has 0 spiro atoms. The van der Waals surface area contributed by atoms with Gasteiger partial charge in [-0.2, -0.15) is 8.42 Å². The molecule has 32 heavy (non-hydrogen) atoms. The van der Waals surface area contributed by atoms with Crippen molar-refractivity contribution < 1.29 is 38.1 Å². The lowest BCUT2D eigenvalue weighted by molar-refractivity contribution is 0.0679. The maximum Gasteiger partial charge on any atom is 0.296 e. The summed E-state index contributed by atoms with van der Waals surface area (Å²) in [4.78, 5) is 0.0713. The van der Waals surface area contributed by atoms with Gasteiger partial charge in [0.25, 0.3) is 10.1 Å². The van der Waals surface area contributed by atoms with E-state index in [0.29, 0.717) is 51.4 Å². The summed E-state index contributed by atoms with van der Waals surface area (Å²) in [5, 5.41) is 49.1. The van der Waals surface area contributed by atoms with E-state index in [-0.39, 0.29) is 17.9 Å². The van der Waals surface area contributed by atoms with Crippen LogP contribution in [-0.4, -0.2) is 71.1 Å². The van der Waals surface area contributed by atoms with Crippen molar-refractivity contribution in [1.82, 2.24) is 0 Å². The van der Waals surface area contributed by atoms with Crippen LogP contribution >= 0.6 is 0 Å². The molecular weight excluding hydrogens is 436 g/mol. The van der Waals surface area contributed by atoms with Crippen LogP contribution in [0.1, 0.15) is 70.3 Å². The maximum atomic E-state index is 12.1. The fourth-order valence-corrected chi connectivity index (χ4v) is 4.15. The zero-order chi connectivity index (χ0) is 24.1. The summed E-state index contributed by atoms with van der Waals surface area (Å²) in [5.74, 6) is 0. The van der Waals surface area contributed by atoms with Crippen molar-refractivity contribution >= 4 is 10.1 Å². The lowest BCUT2D eigenvalue weighted by atomic mass is 9.99. The minimum Gasteiger partial charge on any atom is -0.393 e. The topological polar surface area (TPSA) is 145 Å². The molecule has 0 amide bonds. The van der Waals surface area contributed by atoms with E-state index in [1.54, 1.807) is 19.1 Å². The molecule has 0 aliphatic heterocycles. The Bertz CT molecular complexity index is 720. The summed E-state index contributed by atoms with van der Waals surface area (Å²) in [5.41, 5.74) is 0.941. The molecule has 186 valence electrons. The van der Waals surface area contributed by atoms with Gasteiger partial charge in [0.1, 0.15) is 0 Å². The lowest BCUT2D eigenvalue weighted by Gasteiger charge is -2.17. The third-order valence-corrected chi connectivity index (χ3v) is 6.74. The standard InChI is InChI=1S/C23H40O8S/c1-17-3-13-23(14-4-17)32(29,30)31-16-15-22(28)12-11-21(27)10-9-20(26)8-7-19(25)6-5-18(2)24/h3-4,13-14,18-22,24-28H,5-12,15-16H2,1-2H3. The molecule has 5 N–H and O–H groups in total. The highest BCUT2D eigenvalue weighted by Gasteiger charge is 2.17. The van der Waals surface area contributed by atoms with Crippen LogP contribution in [0.4, 0.5) is 0 Å². The molecule has 0 fully saturated rings. The molecule has 1 aromatic carbocycles. The van der Waals surface area contributed by atoms with Crippen molar-refractivity contribution in [1.29, 1.82) is 0 Å². The van der Waals surface area contributed by atoms with Gasteiger partial charge < -0.3 is 25.5 Å². The number of aryl methyl sites for hydroxylation is 1. The molecule has 1 rings (SSSR count). The third kappa shape index (κ3) is 12.8. The Kier molecular flexibility index (Phi) is 13.5. The first-order valence-corrected chi connectivity index (χ1v) is 12.8. The van der Waals surface area contributed by atoms with Crippen molar-refractivity contribution in [2.45, 2.75) is 107 Å². The molecule has 8 nitrogen and oxygen atoms in total. The molecule has 0 bridgehead atoms. The van der Waals surface area contributed by atoms with Crippen molar-refractivity contribution in [3.63, 3.8) is 0 Å². The Hall–Kier alpha value is -1.07. The summed E-state index contributed by atoms with van der Waals surface area (Å²) in [6, 6.07) is 6.32. The second-order valence-corrected chi connectivity index (χ2v) is 10.3. The highest BCUT2D eigenvalue weighted by Crippen LogP contribution is 2.17. The fraction of sp³-hybridized carbons (Fsp3) is 0.739. The molecule has 0 aromatic heterocycles. The predicted molar refractivity (Wildman–Crippen MR) is 122 cm³/mol. The van der Waals surface area contributed by atoms with E-state index in [0.717, 1.165) is 5.56 Å². The van der Waals surface area contributed by atoms with Crippen LogP contribution in [0.3, 0.4) is 0 Å². The van der Waals surface area contributed by atoms with Gasteiger partial charge in [0.2, 0.25) is 0 Å². The Morgan fingerprint density at radius 2 is 1.06 bits per heavy atom. The number of aliphatic hydroxyl groups excluding tert-OH is 5. The van der Waals surface area contributed by atoms with Crippen molar-refractivity contribution in [2.24, 2.45) is 0 Å². The minimum atomic E-state index is -3.86. The monoisotopic (exact) mass is 476 g/mol. The van der Waals surface area contributed by atoms with E-state index in [1.165, 1.54) is 12.1 Å². The molecule has 0 aliphatic rings. The van der Waals surface area contributed by atoms with Crippen LogP contribution in [0.5, 0.6) is 0 Å². The van der Waals surface area contributed by atoms with Gasteiger partial charge in [-0.3, -0.25) is 4.18 Å². The van der Waals surface area contributed by atoms with Crippen molar-refractivity contribution in [2.75, 3.05) is 6.61 Å². The maximum absolute atomic E-state index is 12.1. The Morgan fingerprint density at radius 3 is 1.47 bits per heavy atom. The fourth-order valence-electron chi connectivity index (χ4n) is 3.23. The van der Waals surface area contributed by atoms with Crippen LogP contribution < -0.4 is 0 Å². The Balaban J connectivity index is 2.17. The average Bonchev–Trinajstić information content (AvgIpc) is 2.73. The van der Waals surface area contributed by atoms with Crippen LogP contribution in [0.25, 0.3) is 0 Å². The van der Waals surface area contributed by atoms with E-state index >= 15 is 0 Å². The number of benzene rings is 1. The van der Waals surface area contributed by atoms with Gasteiger partial charge in [-0.1, -0.05) is 17.7 Å². The van der Waals surface area contributed by atoms with Gasteiger partial charge >= 0.3 is 0 Å². The van der Waals surface area contributed by atoms with Gasteiger partial charge in [0, 0.05) is 0 Å². The van der Waals surface area contributed by atoms with Crippen LogP contribution in [0.15, 0.2) is 29.2 Å². The summed E-state index contributed by atoms with van der Waals surface area (Å²) < 4.78 is 29.2. The quantitative estimate of drug-likeness (QED) is 0.215. The molecular formula is C23H40O8S. The number of hydrogen-bond acceptors (Lipinski definition) is 8. The molecule has 9 heteroatoms. The highest BCUT2D eigenvalue weighted by molar-refractivity contribution is 7.86. The van der Waals surface area contributed by atoms with E-state index in [1.807, 2.05) is 6.92 Å². The Labute approximate surface area is 192 Å². The summed E-state index contributed by atoms with van der Waals surface area (Å²) in [7, 11) is -3.86. The largest absolute Gasteiger partial charge is 0.393 e. The molecule has 0 saturated heterocycles. The summed E-state index contributed by atoms with van der Waals surface area (Å²) >= 11 is 0. The SMILES string of the molecule is Cc1ccc(S(=O)(=O)OCCC(O)CCC(O)CCC(O)CCC(O)CCC(C)O)cc1. The summed E-state index contributed by atoms with van der Waals surface area (Å²) in [6.07, 6.45) is 0.248. The number of hydrogen-bond donors (Lipinski definition) is 5. The molecule has 0 aliphatic carbocycles. The predicted octanol–water partition coefficient (Wildman–Crippen LogP) is 2.04. The highest BCUT2D eigenvalue weighted by atomic mass is 32.2. The van der Waals surface area contributed by atoms with E-state index in [9.17, 15) is 34.0 Å². The van der Waals surface area contributed by atoms with Crippen molar-refractivity contribution in [3.8, 4) is 0 Å². The number of aliphatic hydroxyl groups is 5. The summed E-state index contributed by atoms with van der Waals surface area (Å²) in [6.45, 7) is 3.37. The van der Waals surface area contributed by atoms with Gasteiger partial charge in [-0.05, 0) is 83.8 Å². The molecule has 5 atom stereocenters. The minimum absolute atomic E-state index is 0.0713. The zero-order valence-corrected chi connectivity index (χ0v) is 20.0. The van der Waals surface area contributed by atoms with Crippen LogP contribution in [-0.2, 0) is 14.3 Å². The van der Waals surface area contributed by atoms with E-state index < -0.39 is 40.6 Å². The van der Waals surface area contributed by atoms with E-state index in [4.69, 9.17) is 4.18 Å². The smallest absolute Gasteiger partial charge is 0.296 e.